The number of aryl methyl sites for hydroxylation is 1. The van der Waals surface area contributed by atoms with Gasteiger partial charge in [-0.2, -0.15) is 11.8 Å². The average molecular weight is 166 g/mol. The highest BCUT2D eigenvalue weighted by Gasteiger charge is 2.09. The third-order valence-corrected chi connectivity index (χ3v) is 2.84. The predicted octanol–water partition coefficient (Wildman–Crippen LogP) is 1.45. The minimum atomic E-state index is 0.649. The molecular weight excluding hydrogens is 156 g/mol. The van der Waals surface area contributed by atoms with Gasteiger partial charge in [0.15, 0.2) is 0 Å². The number of fused-ring (bicyclic) bond motifs is 1. The number of pyridine rings is 1. The highest BCUT2D eigenvalue weighted by Crippen LogP contribution is 2.23. The van der Waals surface area contributed by atoms with Gasteiger partial charge in [0.25, 0.3) is 0 Å². The van der Waals surface area contributed by atoms with Crippen molar-refractivity contribution in [2.45, 2.75) is 12.2 Å². The van der Waals surface area contributed by atoms with Crippen LogP contribution in [-0.4, -0.2) is 10.7 Å². The van der Waals surface area contributed by atoms with E-state index in [-0.39, 0.29) is 0 Å². The van der Waals surface area contributed by atoms with Crippen molar-refractivity contribution in [2.24, 2.45) is 0 Å². The molecule has 1 aromatic rings. The van der Waals surface area contributed by atoms with Gasteiger partial charge in [0.2, 0.25) is 0 Å². The molecule has 3 heteroatoms. The Morgan fingerprint density at radius 1 is 1.45 bits per heavy atom. The highest BCUT2D eigenvalue weighted by molar-refractivity contribution is 7.98. The van der Waals surface area contributed by atoms with E-state index in [0.29, 0.717) is 5.82 Å². The molecule has 11 heavy (non-hydrogen) atoms. The van der Waals surface area contributed by atoms with Crippen molar-refractivity contribution in [3.8, 4) is 0 Å². The summed E-state index contributed by atoms with van der Waals surface area (Å²) in [7, 11) is 0. The molecule has 58 valence electrons. The van der Waals surface area contributed by atoms with Gasteiger partial charge < -0.3 is 5.73 Å². The second-order valence-corrected chi connectivity index (χ2v) is 3.75. The molecule has 0 fully saturated rings. The topological polar surface area (TPSA) is 38.9 Å². The zero-order valence-electron chi connectivity index (χ0n) is 6.21. The van der Waals surface area contributed by atoms with Crippen LogP contribution in [0.25, 0.3) is 0 Å². The lowest BCUT2D eigenvalue weighted by Gasteiger charge is -2.13. The summed E-state index contributed by atoms with van der Waals surface area (Å²) in [6.45, 7) is 0. The number of aromatic nitrogens is 1. The Balaban J connectivity index is 2.43. The Hall–Kier alpha value is -0.700. The van der Waals surface area contributed by atoms with Crippen LogP contribution in [0, 0.1) is 0 Å². The standard InChI is InChI=1S/C8H10N2S/c9-8-2-1-6-5-11-4-3-7(6)10-8/h1-2H,3-5H2,(H2,9,10). The van der Waals surface area contributed by atoms with Gasteiger partial charge in [-0.05, 0) is 23.8 Å². The summed E-state index contributed by atoms with van der Waals surface area (Å²) in [5.74, 6) is 2.93. The maximum absolute atomic E-state index is 5.56. The Labute approximate surface area is 70.2 Å². The molecule has 2 N–H and O–H groups in total. The monoisotopic (exact) mass is 166 g/mol. The van der Waals surface area contributed by atoms with Gasteiger partial charge in [-0.15, -0.1) is 0 Å². The van der Waals surface area contributed by atoms with E-state index in [4.69, 9.17) is 5.73 Å². The molecule has 1 aliphatic heterocycles. The number of nitrogens with two attached hydrogens (primary N) is 1. The van der Waals surface area contributed by atoms with Crippen LogP contribution in [0.5, 0.6) is 0 Å². The van der Waals surface area contributed by atoms with E-state index in [9.17, 15) is 0 Å². The minimum Gasteiger partial charge on any atom is -0.384 e. The van der Waals surface area contributed by atoms with E-state index < -0.39 is 0 Å². The largest absolute Gasteiger partial charge is 0.384 e. The fourth-order valence-electron chi connectivity index (χ4n) is 1.25. The van der Waals surface area contributed by atoms with E-state index in [2.05, 4.69) is 11.1 Å². The van der Waals surface area contributed by atoms with Crippen LogP contribution in [0.4, 0.5) is 5.82 Å². The Morgan fingerprint density at radius 2 is 2.36 bits per heavy atom. The summed E-state index contributed by atoms with van der Waals surface area (Å²) in [6.07, 6.45) is 1.07. The Morgan fingerprint density at radius 3 is 3.27 bits per heavy atom. The molecule has 0 aliphatic carbocycles. The number of anilines is 1. The Bertz CT molecular complexity index is 273. The molecule has 0 bridgehead atoms. The highest BCUT2D eigenvalue weighted by atomic mass is 32.2. The number of hydrogen-bond acceptors (Lipinski definition) is 3. The molecule has 2 heterocycles. The van der Waals surface area contributed by atoms with Crippen LogP contribution < -0.4 is 5.73 Å². The lowest BCUT2D eigenvalue weighted by Crippen LogP contribution is -2.06. The zero-order chi connectivity index (χ0) is 7.68. The van der Waals surface area contributed by atoms with Gasteiger partial charge in [0.1, 0.15) is 5.82 Å². The van der Waals surface area contributed by atoms with Crippen LogP contribution in [-0.2, 0) is 12.2 Å². The first-order chi connectivity index (χ1) is 5.36. The number of hydrogen-bond donors (Lipinski definition) is 1. The molecule has 0 saturated carbocycles. The molecule has 0 amide bonds. The van der Waals surface area contributed by atoms with Crippen molar-refractivity contribution in [2.75, 3.05) is 11.5 Å². The predicted molar refractivity (Wildman–Crippen MR) is 48.5 cm³/mol. The molecule has 2 nitrogen and oxygen atoms in total. The molecule has 1 aliphatic rings. The van der Waals surface area contributed by atoms with Gasteiger partial charge in [-0.3, -0.25) is 0 Å². The Kier molecular flexibility index (Phi) is 1.74. The van der Waals surface area contributed by atoms with Crippen molar-refractivity contribution in [1.29, 1.82) is 0 Å². The molecule has 0 radical (unpaired) electrons. The zero-order valence-corrected chi connectivity index (χ0v) is 7.03. The van der Waals surface area contributed by atoms with Crippen LogP contribution in [0.2, 0.25) is 0 Å². The summed E-state index contributed by atoms with van der Waals surface area (Å²) in [4.78, 5) is 4.28. The lowest BCUT2D eigenvalue weighted by atomic mass is 10.2. The van der Waals surface area contributed by atoms with E-state index in [0.717, 1.165) is 12.2 Å². The van der Waals surface area contributed by atoms with E-state index >= 15 is 0 Å². The second kappa shape index (κ2) is 2.74. The van der Waals surface area contributed by atoms with Crippen LogP contribution in [0.15, 0.2) is 12.1 Å². The quantitative estimate of drug-likeness (QED) is 0.634. The number of nitrogens with zero attached hydrogens (tertiary/aromatic N) is 1. The SMILES string of the molecule is Nc1ccc2c(n1)CCSC2. The first kappa shape index (κ1) is 6.98. The van der Waals surface area contributed by atoms with Gasteiger partial charge in [-0.25, -0.2) is 4.98 Å². The summed E-state index contributed by atoms with van der Waals surface area (Å²) in [5, 5.41) is 0. The summed E-state index contributed by atoms with van der Waals surface area (Å²) in [6, 6.07) is 3.97. The molecule has 0 aromatic carbocycles. The smallest absolute Gasteiger partial charge is 0.123 e. The maximum Gasteiger partial charge on any atom is 0.123 e. The number of rotatable bonds is 0. The molecule has 1 aromatic heterocycles. The summed E-state index contributed by atoms with van der Waals surface area (Å²) < 4.78 is 0. The van der Waals surface area contributed by atoms with E-state index in [1.54, 1.807) is 0 Å². The van der Waals surface area contributed by atoms with Crippen LogP contribution in [0.3, 0.4) is 0 Å². The normalized spacial score (nSPS) is 16.0. The van der Waals surface area contributed by atoms with Gasteiger partial charge in [-0.1, -0.05) is 6.07 Å². The number of nitrogen functional groups attached to an aromatic ring is 1. The van der Waals surface area contributed by atoms with Crippen molar-refractivity contribution in [3.63, 3.8) is 0 Å². The molecule has 0 saturated heterocycles. The fraction of sp³-hybridized carbons (Fsp3) is 0.375. The van der Waals surface area contributed by atoms with Gasteiger partial charge in [0.05, 0.1) is 0 Å². The molecular formula is C8H10N2S. The first-order valence-corrected chi connectivity index (χ1v) is 4.84. The summed E-state index contributed by atoms with van der Waals surface area (Å²) >= 11 is 1.96. The lowest BCUT2D eigenvalue weighted by molar-refractivity contribution is 0.997. The molecule has 2 rings (SSSR count). The third kappa shape index (κ3) is 1.33. The average Bonchev–Trinajstić information content (AvgIpc) is 2.04. The number of thioether (sulfide) groups is 1. The molecule has 0 unspecified atom stereocenters. The van der Waals surface area contributed by atoms with Gasteiger partial charge >= 0.3 is 0 Å². The second-order valence-electron chi connectivity index (χ2n) is 2.64. The van der Waals surface area contributed by atoms with E-state index in [1.807, 2.05) is 17.8 Å². The van der Waals surface area contributed by atoms with E-state index in [1.165, 1.54) is 17.0 Å². The van der Waals surface area contributed by atoms with Crippen molar-refractivity contribution >= 4 is 17.6 Å². The van der Waals surface area contributed by atoms with Crippen LogP contribution in [0.1, 0.15) is 11.3 Å². The first-order valence-electron chi connectivity index (χ1n) is 3.68. The van der Waals surface area contributed by atoms with Crippen molar-refractivity contribution in [3.05, 3.63) is 23.4 Å². The maximum atomic E-state index is 5.56. The third-order valence-electron chi connectivity index (χ3n) is 1.83. The molecule has 0 spiro atoms. The van der Waals surface area contributed by atoms with Gasteiger partial charge in [0, 0.05) is 11.4 Å². The fourth-order valence-corrected chi connectivity index (χ4v) is 2.21. The van der Waals surface area contributed by atoms with Crippen LogP contribution >= 0.6 is 11.8 Å². The van der Waals surface area contributed by atoms with Crippen molar-refractivity contribution in [1.82, 2.24) is 4.98 Å². The van der Waals surface area contributed by atoms with Crippen molar-refractivity contribution < 1.29 is 0 Å². The molecule has 0 atom stereocenters. The summed E-state index contributed by atoms with van der Waals surface area (Å²) in [5.41, 5.74) is 8.12. The minimum absolute atomic E-state index is 0.649.